The maximum atomic E-state index is 14.7. The number of ether oxygens (including phenoxy) is 4. The predicted molar refractivity (Wildman–Crippen MR) is 458 cm³/mol. The molecule has 6 aromatic rings. The van der Waals surface area contributed by atoms with Crippen LogP contribution in [0.2, 0.25) is 0 Å². The summed E-state index contributed by atoms with van der Waals surface area (Å²) in [4.78, 5) is 40.3. The molecule has 0 aliphatic heterocycles. The zero-order chi connectivity index (χ0) is 105. The zero-order valence-electron chi connectivity index (χ0n) is 68.8. The Balaban J connectivity index is 0.000000185. The second kappa shape index (κ2) is 38.7. The van der Waals surface area contributed by atoms with E-state index in [0.29, 0.717) is 0 Å². The Hall–Kier alpha value is -23.9. The van der Waals surface area contributed by atoms with Crippen molar-refractivity contribution in [3.05, 3.63) is 426 Å². The first-order chi connectivity index (χ1) is 67.7. The highest BCUT2D eigenvalue weighted by molar-refractivity contribution is 6.32. The molecule has 30 nitrogen and oxygen atoms in total. The molecule has 0 spiro atoms. The third-order valence-electron chi connectivity index (χ3n) is 20.5. The maximum Gasteiger partial charge on any atom is 0.573 e. The predicted octanol–water partition coefficient (Wildman–Crippen LogP) is 24.1. The third kappa shape index (κ3) is 16.6. The molecule has 44 heteroatoms. The fourth-order valence-corrected chi connectivity index (χ4v) is 15.6. The molecular weight excluding hydrogens is 1870 g/mol. The number of nitrogens with zero attached hydrogens (tertiary/aromatic N) is 26. The molecule has 660 valence electrons. The Morgan fingerprint density at radius 1 is 0.239 bits per heavy atom. The lowest BCUT2D eigenvalue weighted by molar-refractivity contribution is -0.303. The van der Waals surface area contributed by atoms with Crippen LogP contribution in [0.15, 0.2) is 177 Å². The van der Waals surface area contributed by atoms with E-state index in [-0.39, 0.29) is 101 Å². The number of allylic oxidation sites excluding steroid dienone is 25. The van der Waals surface area contributed by atoms with Gasteiger partial charge in [-0.2, -0.15) is 26.3 Å². The van der Waals surface area contributed by atoms with Crippen molar-refractivity contribution in [1.29, 1.82) is 68.4 Å². The molecule has 0 aromatic heterocycles. The molecule has 0 heterocycles. The summed E-state index contributed by atoms with van der Waals surface area (Å²) in [6, 6.07) is 42.1. The molecule has 0 radical (unpaired) electrons. The molecule has 142 heavy (non-hydrogen) atoms. The van der Waals surface area contributed by atoms with E-state index in [9.17, 15) is 119 Å². The fraction of sp³-hybridized carbons (Fsp3) is 0.0408. The topological polar surface area (TPSA) is 403 Å². The van der Waals surface area contributed by atoms with Crippen LogP contribution in [0, 0.1) is 233 Å². The van der Waals surface area contributed by atoms with Gasteiger partial charge in [0, 0.05) is 72.4 Å². The molecule has 0 saturated carbocycles. The van der Waals surface area contributed by atoms with Gasteiger partial charge in [0.15, 0.2) is 5.70 Å². The van der Waals surface area contributed by atoms with E-state index in [0.717, 1.165) is 12.1 Å². The summed E-state index contributed by atoms with van der Waals surface area (Å²) < 4.78 is 211. The Kier molecular flexibility index (Phi) is 26.9. The van der Waals surface area contributed by atoms with E-state index >= 15 is 0 Å². The molecule has 0 N–H and O–H groups in total. The molecule has 0 fully saturated rings. The van der Waals surface area contributed by atoms with Crippen molar-refractivity contribution in [2.45, 2.75) is 25.4 Å². The molecule has 6 aromatic carbocycles. The second-order valence-corrected chi connectivity index (χ2v) is 27.3. The van der Waals surface area contributed by atoms with Gasteiger partial charge in [-0.15, -0.1) is 52.7 Å². The van der Waals surface area contributed by atoms with Crippen molar-refractivity contribution in [3.63, 3.8) is 0 Å². The van der Waals surface area contributed by atoms with Crippen molar-refractivity contribution in [2.75, 3.05) is 0 Å². The van der Waals surface area contributed by atoms with Crippen molar-refractivity contribution in [2.24, 2.45) is 0 Å². The van der Waals surface area contributed by atoms with Gasteiger partial charge in [-0.3, -0.25) is 4.85 Å². The van der Waals surface area contributed by atoms with Crippen LogP contribution in [0.3, 0.4) is 0 Å². The van der Waals surface area contributed by atoms with Crippen LogP contribution in [0.5, 0.6) is 11.5 Å². The molecular formula is C98H16F14N26O4. The number of alkyl halides is 12. The second-order valence-electron chi connectivity index (χ2n) is 27.3. The number of nitriles is 13. The first-order valence-corrected chi connectivity index (χ1v) is 37.0. The van der Waals surface area contributed by atoms with Crippen LogP contribution < -0.4 is 9.47 Å². The quantitative estimate of drug-likeness (QED) is 0.0849. The van der Waals surface area contributed by atoms with E-state index in [1.54, 1.807) is 36.4 Å². The van der Waals surface area contributed by atoms with E-state index in [4.69, 9.17) is 96.0 Å². The maximum absolute atomic E-state index is 14.7. The van der Waals surface area contributed by atoms with Gasteiger partial charge in [0.1, 0.15) is 64.5 Å². The lowest BCUT2D eigenvalue weighted by atomic mass is 9.89. The Morgan fingerprint density at radius 2 is 0.528 bits per heavy atom. The monoisotopic (exact) mass is 1890 g/mol. The van der Waals surface area contributed by atoms with E-state index in [2.05, 4.69) is 81.9 Å². The van der Waals surface area contributed by atoms with E-state index < -0.39 is 217 Å². The van der Waals surface area contributed by atoms with Crippen LogP contribution >= 0.6 is 0 Å². The van der Waals surface area contributed by atoms with Crippen LogP contribution in [-0.4, -0.2) is 25.4 Å². The van der Waals surface area contributed by atoms with Gasteiger partial charge in [-0.25, -0.2) is 109 Å². The van der Waals surface area contributed by atoms with E-state index in [1.165, 1.54) is 115 Å². The van der Waals surface area contributed by atoms with Gasteiger partial charge in [0.25, 0.3) is 45.6 Å². The molecule has 8 aliphatic rings. The summed E-state index contributed by atoms with van der Waals surface area (Å²) in [6.07, 6.45) is -21.9. The largest absolute Gasteiger partial charge is 0.573 e. The number of hydrogen-bond acceptors (Lipinski definition) is 17. The minimum absolute atomic E-state index is 0.00193. The molecule has 0 saturated heterocycles. The SMILES string of the molecule is [C-]#[N+]C1=C(F)/C(=C(/C#N)[N+]#[C-])c2cc3c(cc21)/C(=C(/C#N)[N+]#[C-])C(F)=C3C#N.[C-]#[N+]C1=C(OC(F)(F)F)/C(=C(/C#N)[N+]#[C-])c2cc3c(cc21)/C(=C(/C#N)[N+]#[C-])C(OC(F)(F)F)=C3C#N.[C-]#[N+]C1=C([N+]#[C-])c2cc3c(cc2/C1=C(\C#N)[N+]#[C-])C(C#N)=C(C#N)/C3=C(\C#N)[N+]#[C-].[C-]#[N+]C1=C(c2ccccc2)/C(=C(/C#N)[N+]#[C-])c2c(OC(F)(F)F)c3c(c(OC(F)(F)F)c21)/C(=C(/C#N)[N+]#[C-])C(c1ccccc1)=C3C#N. The Labute approximate surface area is 787 Å². The van der Waals surface area contributed by atoms with Gasteiger partial charge in [-0.05, 0) is 102 Å². The van der Waals surface area contributed by atoms with Crippen LogP contribution in [0.1, 0.15) is 100 Å². The van der Waals surface area contributed by atoms with Gasteiger partial charge in [0.05, 0.1) is 162 Å². The number of fused-ring (bicyclic) bond motifs is 8. The highest BCUT2D eigenvalue weighted by Crippen LogP contribution is 2.66. The summed E-state index contributed by atoms with van der Waals surface area (Å²) in [5.74, 6) is -7.23. The Bertz CT molecular complexity index is 8260. The number of halogens is 14. The first-order valence-electron chi connectivity index (χ1n) is 37.0. The average molecular weight is 1890 g/mol. The number of rotatable bonds is 6. The minimum Gasteiger partial charge on any atom is -0.418 e. The highest BCUT2D eigenvalue weighted by atomic mass is 19.4. The van der Waals surface area contributed by atoms with Crippen LogP contribution in [0.4, 0.5) is 61.5 Å². The lowest BCUT2D eigenvalue weighted by Crippen LogP contribution is -2.22. The van der Waals surface area contributed by atoms with E-state index in [1.807, 2.05) is 12.1 Å². The molecule has 14 rings (SSSR count). The summed E-state index contributed by atoms with van der Waals surface area (Å²) in [5, 5.41) is 124. The summed E-state index contributed by atoms with van der Waals surface area (Å²) >= 11 is 0. The first kappa shape index (κ1) is 98.7. The summed E-state index contributed by atoms with van der Waals surface area (Å²) in [5.41, 5.74) is -19.2. The highest BCUT2D eigenvalue weighted by Gasteiger charge is 2.52. The van der Waals surface area contributed by atoms with Gasteiger partial charge >= 0.3 is 25.4 Å². The fourth-order valence-electron chi connectivity index (χ4n) is 15.6. The molecule has 0 amide bonds. The number of hydrogen-bond donors (Lipinski definition) is 0. The van der Waals surface area contributed by atoms with Crippen molar-refractivity contribution < 1.29 is 80.4 Å². The standard InChI is InChI=1S/C34H10F6N6O2.C22H2F6N6O2.C22H2N8.C20H2F2N6/c1-44-20(15-42)25-22(17-10-6-4-7-11-17)19(14-41)24-27(25)32(48-34(38,39)40)29-28(31(24)47-33(35,36)37)26(21(16-43)45-2)23(30(29)46-3)18-12-8-5-9-13-18;1-32-14(7-30)16-10-5-12-11(4-9(10)13(6-29)19(16)35-21(23,24)25)17(15(8-31)33-2)20(18(12)34-3)36-22(26,27)28;1-27-17(9-25)19-12-6-14-13(5-11(12)15(7-23)16(19)8-24)20(18(10-26)28-2)22(30-4)21(14)29-3;1-26-14(7-24)16-10-5-12-11(4-9(10)13(6-23)18(16)21)17(15(8-25)27-2)19(22)20(12)28-3/h4-13H;4-5H;5-6H;4-5H/b25-20-,26-21+;16-14+,17-15-;19-17+,20-18-;16-14+,17-15-. The normalized spacial score (nSPS) is 16.4. The zero-order valence-corrected chi connectivity index (χ0v) is 68.8. The third-order valence-corrected chi connectivity index (χ3v) is 20.5. The molecule has 0 atom stereocenters. The minimum atomic E-state index is -5.60. The van der Waals surface area contributed by atoms with Gasteiger partial charge in [0.2, 0.25) is 22.8 Å². The van der Waals surface area contributed by atoms with Gasteiger partial charge in [-0.1, -0.05) is 78.9 Å². The summed E-state index contributed by atoms with van der Waals surface area (Å²) in [7, 11) is 0. The number of benzene rings is 6. The molecule has 0 unspecified atom stereocenters. The van der Waals surface area contributed by atoms with Crippen LogP contribution in [0.25, 0.3) is 164 Å². The smallest absolute Gasteiger partial charge is 0.418 e. The van der Waals surface area contributed by atoms with Crippen molar-refractivity contribution in [1.82, 2.24) is 0 Å². The van der Waals surface area contributed by atoms with Gasteiger partial charge < -0.3 is 18.9 Å². The summed E-state index contributed by atoms with van der Waals surface area (Å²) in [6.45, 7) is 95.6. The van der Waals surface area contributed by atoms with Crippen LogP contribution in [-0.2, 0) is 9.47 Å². The van der Waals surface area contributed by atoms with Crippen molar-refractivity contribution in [3.8, 4) is 90.4 Å². The Morgan fingerprint density at radius 3 is 0.930 bits per heavy atom. The molecule has 8 aliphatic carbocycles. The molecule has 0 bridgehead atoms. The lowest BCUT2D eigenvalue weighted by Gasteiger charge is -2.24. The average Bonchev–Trinajstić information content (AvgIpc) is 1.52. The van der Waals surface area contributed by atoms with Crippen molar-refractivity contribution >= 4 is 101 Å².